The maximum atomic E-state index is 11.9. The highest BCUT2D eigenvalue weighted by Crippen LogP contribution is 2.21. The van der Waals surface area contributed by atoms with Crippen LogP contribution in [0.3, 0.4) is 0 Å². The molecule has 136 valence electrons. The summed E-state index contributed by atoms with van der Waals surface area (Å²) in [6, 6.07) is 9.16. The number of hydrogen-bond acceptors (Lipinski definition) is 4. The molecule has 0 aliphatic rings. The first-order valence-corrected chi connectivity index (χ1v) is 8.75. The molecule has 1 atom stereocenters. The molecule has 0 bridgehead atoms. The molecule has 0 aliphatic heterocycles. The minimum absolute atomic E-state index is 0.00000889. The van der Waals surface area contributed by atoms with E-state index in [9.17, 15) is 9.90 Å². The summed E-state index contributed by atoms with van der Waals surface area (Å²) in [6.45, 7) is 2.81. The van der Waals surface area contributed by atoms with Crippen molar-refractivity contribution < 1.29 is 19.1 Å². The lowest BCUT2D eigenvalue weighted by molar-refractivity contribution is -0.121. The van der Waals surface area contributed by atoms with Crippen molar-refractivity contribution >= 4 is 17.5 Å². The molecule has 2 N–H and O–H groups in total. The van der Waals surface area contributed by atoms with Crippen molar-refractivity contribution in [2.75, 3.05) is 19.8 Å². The summed E-state index contributed by atoms with van der Waals surface area (Å²) >= 11 is 5.97. The number of aliphatic hydroxyl groups excluding tert-OH is 1. The molecule has 1 amide bonds. The second-order valence-corrected chi connectivity index (χ2v) is 6.41. The lowest BCUT2D eigenvalue weighted by atomic mass is 10.1. The number of amides is 1. The van der Waals surface area contributed by atoms with E-state index in [1.54, 1.807) is 12.3 Å². The molecule has 2 rings (SSSR count). The molecule has 0 saturated heterocycles. The number of carbonyl (C=O) groups excluding carboxylic acids is 1. The van der Waals surface area contributed by atoms with Crippen LogP contribution in [0.2, 0.25) is 5.02 Å². The third-order valence-electron chi connectivity index (χ3n) is 3.86. The number of halogens is 1. The molecule has 1 heterocycles. The Kier molecular flexibility index (Phi) is 7.82. The summed E-state index contributed by atoms with van der Waals surface area (Å²) in [7, 11) is 0. The average Bonchev–Trinajstić information content (AvgIpc) is 3.11. The molecule has 0 radical (unpaired) electrons. The Bertz CT molecular complexity index is 657. The Hall–Kier alpha value is -1.98. The molecular weight excluding hydrogens is 342 g/mol. The van der Waals surface area contributed by atoms with Gasteiger partial charge in [0.25, 0.3) is 0 Å². The van der Waals surface area contributed by atoms with Crippen molar-refractivity contribution in [3.05, 3.63) is 52.9 Å². The summed E-state index contributed by atoms with van der Waals surface area (Å²) in [5, 5.41) is 13.0. The van der Waals surface area contributed by atoms with E-state index < -0.39 is 0 Å². The SMILES string of the molecule is Cc1cc(OCCCC(=O)NCC(CO)Cc2ccco2)ccc1Cl. The van der Waals surface area contributed by atoms with E-state index in [1.807, 2.05) is 31.2 Å². The van der Waals surface area contributed by atoms with Gasteiger partial charge in [-0.25, -0.2) is 0 Å². The van der Waals surface area contributed by atoms with Crippen LogP contribution >= 0.6 is 11.6 Å². The molecule has 2 aromatic rings. The molecule has 0 saturated carbocycles. The molecule has 5 nitrogen and oxygen atoms in total. The van der Waals surface area contributed by atoms with Crippen LogP contribution in [0.5, 0.6) is 5.75 Å². The van der Waals surface area contributed by atoms with Gasteiger partial charge in [-0.3, -0.25) is 4.79 Å². The van der Waals surface area contributed by atoms with E-state index in [0.717, 1.165) is 17.1 Å². The van der Waals surface area contributed by atoms with E-state index in [1.165, 1.54) is 0 Å². The Morgan fingerprint density at radius 3 is 2.92 bits per heavy atom. The standard InChI is InChI=1S/C19H24ClNO4/c1-14-10-17(6-7-18(14)20)25-9-3-5-19(23)21-12-15(13-22)11-16-4-2-8-24-16/h2,4,6-8,10,15,22H,3,5,9,11-13H2,1H3,(H,21,23). The van der Waals surface area contributed by atoms with Gasteiger partial charge in [-0.1, -0.05) is 11.6 Å². The summed E-state index contributed by atoms with van der Waals surface area (Å²) in [4.78, 5) is 11.9. The molecule has 0 aliphatic carbocycles. The van der Waals surface area contributed by atoms with E-state index in [-0.39, 0.29) is 18.4 Å². The minimum Gasteiger partial charge on any atom is -0.494 e. The molecule has 6 heteroatoms. The van der Waals surface area contributed by atoms with Crippen molar-refractivity contribution in [3.63, 3.8) is 0 Å². The molecule has 1 aromatic heterocycles. The van der Waals surface area contributed by atoms with Gasteiger partial charge >= 0.3 is 0 Å². The fourth-order valence-corrected chi connectivity index (χ4v) is 2.51. The predicted molar refractivity (Wildman–Crippen MR) is 96.9 cm³/mol. The first-order valence-electron chi connectivity index (χ1n) is 8.37. The first kappa shape index (κ1) is 19.3. The van der Waals surface area contributed by atoms with Crippen LogP contribution in [0, 0.1) is 12.8 Å². The third-order valence-corrected chi connectivity index (χ3v) is 4.29. The number of rotatable bonds is 10. The van der Waals surface area contributed by atoms with Crippen molar-refractivity contribution in [1.29, 1.82) is 0 Å². The van der Waals surface area contributed by atoms with E-state index in [0.29, 0.717) is 37.4 Å². The van der Waals surface area contributed by atoms with Crippen LogP contribution in [0.25, 0.3) is 0 Å². The molecular formula is C19H24ClNO4. The van der Waals surface area contributed by atoms with Crippen LogP contribution in [-0.4, -0.2) is 30.8 Å². The number of nitrogens with one attached hydrogen (secondary N) is 1. The van der Waals surface area contributed by atoms with Crippen molar-refractivity contribution in [1.82, 2.24) is 5.32 Å². The molecule has 0 fully saturated rings. The Balaban J connectivity index is 1.62. The zero-order valence-electron chi connectivity index (χ0n) is 14.3. The number of hydrogen-bond donors (Lipinski definition) is 2. The van der Waals surface area contributed by atoms with Gasteiger partial charge in [0.1, 0.15) is 11.5 Å². The van der Waals surface area contributed by atoms with Crippen LogP contribution < -0.4 is 10.1 Å². The zero-order chi connectivity index (χ0) is 18.1. The predicted octanol–water partition coefficient (Wildman–Crippen LogP) is 3.37. The molecule has 25 heavy (non-hydrogen) atoms. The Labute approximate surface area is 152 Å². The molecule has 1 unspecified atom stereocenters. The van der Waals surface area contributed by atoms with Crippen LogP contribution in [0.4, 0.5) is 0 Å². The molecule has 1 aromatic carbocycles. The first-order chi connectivity index (χ1) is 12.1. The highest BCUT2D eigenvalue weighted by atomic mass is 35.5. The van der Waals surface area contributed by atoms with Crippen molar-refractivity contribution in [2.45, 2.75) is 26.2 Å². The highest BCUT2D eigenvalue weighted by Gasteiger charge is 2.12. The fourth-order valence-electron chi connectivity index (χ4n) is 2.39. The number of carbonyl (C=O) groups is 1. The monoisotopic (exact) mass is 365 g/mol. The van der Waals surface area contributed by atoms with Gasteiger partial charge in [0.2, 0.25) is 5.91 Å². The minimum atomic E-state index is -0.0524. The van der Waals surface area contributed by atoms with Gasteiger partial charge in [0.15, 0.2) is 0 Å². The van der Waals surface area contributed by atoms with Gasteiger partial charge in [-0.2, -0.15) is 0 Å². The van der Waals surface area contributed by atoms with Gasteiger partial charge < -0.3 is 19.6 Å². The number of aryl methyl sites for hydroxylation is 1. The van der Waals surface area contributed by atoms with E-state index >= 15 is 0 Å². The van der Waals surface area contributed by atoms with Crippen LogP contribution in [-0.2, 0) is 11.2 Å². The summed E-state index contributed by atoms with van der Waals surface area (Å²) < 4.78 is 10.9. The van der Waals surface area contributed by atoms with Crippen LogP contribution in [0.15, 0.2) is 41.0 Å². The highest BCUT2D eigenvalue weighted by molar-refractivity contribution is 6.31. The zero-order valence-corrected chi connectivity index (χ0v) is 15.1. The fraction of sp³-hybridized carbons (Fsp3) is 0.421. The van der Waals surface area contributed by atoms with Crippen molar-refractivity contribution in [3.8, 4) is 5.75 Å². The van der Waals surface area contributed by atoms with Gasteiger partial charge in [0, 0.05) is 36.9 Å². The van der Waals surface area contributed by atoms with Gasteiger partial charge in [0.05, 0.1) is 12.9 Å². The van der Waals surface area contributed by atoms with Gasteiger partial charge in [-0.05, 0) is 49.2 Å². The second-order valence-electron chi connectivity index (χ2n) is 6.00. The largest absolute Gasteiger partial charge is 0.494 e. The summed E-state index contributed by atoms with van der Waals surface area (Å²) in [6.07, 6.45) is 3.20. The van der Waals surface area contributed by atoms with Crippen LogP contribution in [0.1, 0.15) is 24.2 Å². The second kappa shape index (κ2) is 10.1. The Morgan fingerprint density at radius 2 is 2.24 bits per heavy atom. The van der Waals surface area contributed by atoms with E-state index in [4.69, 9.17) is 20.8 Å². The smallest absolute Gasteiger partial charge is 0.220 e. The third kappa shape index (κ3) is 6.80. The number of aliphatic hydroxyl groups is 1. The number of furan rings is 1. The Morgan fingerprint density at radius 1 is 1.40 bits per heavy atom. The quantitative estimate of drug-likeness (QED) is 0.633. The van der Waals surface area contributed by atoms with Gasteiger partial charge in [-0.15, -0.1) is 0 Å². The topological polar surface area (TPSA) is 71.7 Å². The number of benzene rings is 1. The molecule has 0 spiro atoms. The maximum Gasteiger partial charge on any atom is 0.220 e. The summed E-state index contributed by atoms with van der Waals surface area (Å²) in [5.74, 6) is 1.46. The summed E-state index contributed by atoms with van der Waals surface area (Å²) in [5.41, 5.74) is 0.962. The average molecular weight is 366 g/mol. The normalized spacial score (nSPS) is 12.0. The lowest BCUT2D eigenvalue weighted by Gasteiger charge is -2.14. The van der Waals surface area contributed by atoms with Crippen molar-refractivity contribution in [2.24, 2.45) is 5.92 Å². The maximum absolute atomic E-state index is 11.9. The lowest BCUT2D eigenvalue weighted by Crippen LogP contribution is -2.31. The number of ether oxygens (including phenoxy) is 1. The van der Waals surface area contributed by atoms with E-state index in [2.05, 4.69) is 5.32 Å².